The molecule has 0 aliphatic heterocycles. The summed E-state index contributed by atoms with van der Waals surface area (Å²) in [4.78, 5) is 4.15. The molecule has 0 N–H and O–H groups in total. The number of aromatic nitrogens is 2. The average Bonchev–Trinajstić information content (AvgIpc) is 2.76. The predicted molar refractivity (Wildman–Crippen MR) is 58.2 cm³/mol. The van der Waals surface area contributed by atoms with Gasteiger partial charge in [-0.05, 0) is 18.1 Å². The lowest BCUT2D eigenvalue weighted by Gasteiger charge is -1.96. The number of hydrogen-bond acceptors (Lipinski definition) is 3. The van der Waals surface area contributed by atoms with Crippen LogP contribution in [0.25, 0.3) is 6.08 Å². The molecule has 1 aromatic carbocycles. The molecular weight excluding hydrogens is 188 g/mol. The van der Waals surface area contributed by atoms with Crippen molar-refractivity contribution in [1.82, 2.24) is 10.1 Å². The summed E-state index contributed by atoms with van der Waals surface area (Å²) in [6.45, 7) is 3.57. The quantitative estimate of drug-likeness (QED) is 0.761. The van der Waals surface area contributed by atoms with Crippen LogP contribution in [0, 0.1) is 0 Å². The SMILES string of the molecule is C=Cc1nc(CCc2ccccc2)no1. The fraction of sp³-hybridized carbons (Fsp3) is 0.167. The first kappa shape index (κ1) is 9.65. The topological polar surface area (TPSA) is 38.9 Å². The lowest BCUT2D eigenvalue weighted by Crippen LogP contribution is -1.93. The van der Waals surface area contributed by atoms with Gasteiger partial charge in [0.15, 0.2) is 5.82 Å². The molecule has 0 saturated heterocycles. The van der Waals surface area contributed by atoms with E-state index in [0.29, 0.717) is 5.89 Å². The summed E-state index contributed by atoms with van der Waals surface area (Å²) < 4.78 is 4.92. The molecule has 0 saturated carbocycles. The van der Waals surface area contributed by atoms with E-state index in [2.05, 4.69) is 28.9 Å². The van der Waals surface area contributed by atoms with Gasteiger partial charge in [0.25, 0.3) is 0 Å². The molecule has 1 heterocycles. The zero-order valence-electron chi connectivity index (χ0n) is 8.39. The molecule has 76 valence electrons. The van der Waals surface area contributed by atoms with Crippen molar-refractivity contribution in [2.24, 2.45) is 0 Å². The largest absolute Gasteiger partial charge is 0.335 e. The lowest BCUT2D eigenvalue weighted by atomic mass is 10.1. The van der Waals surface area contributed by atoms with Crippen molar-refractivity contribution in [3.63, 3.8) is 0 Å². The summed E-state index contributed by atoms with van der Waals surface area (Å²) in [5.74, 6) is 1.21. The number of benzene rings is 1. The number of rotatable bonds is 4. The van der Waals surface area contributed by atoms with Crippen LogP contribution in [0.3, 0.4) is 0 Å². The van der Waals surface area contributed by atoms with E-state index in [1.807, 2.05) is 18.2 Å². The van der Waals surface area contributed by atoms with Gasteiger partial charge in [-0.15, -0.1) is 0 Å². The van der Waals surface area contributed by atoms with Crippen LogP contribution in [0.4, 0.5) is 0 Å². The van der Waals surface area contributed by atoms with Crippen LogP contribution in [0.5, 0.6) is 0 Å². The van der Waals surface area contributed by atoms with Crippen molar-refractivity contribution in [1.29, 1.82) is 0 Å². The first-order chi connectivity index (χ1) is 7.38. The summed E-state index contributed by atoms with van der Waals surface area (Å²) in [5.41, 5.74) is 1.28. The highest BCUT2D eigenvalue weighted by Gasteiger charge is 2.02. The van der Waals surface area contributed by atoms with Gasteiger partial charge in [0.1, 0.15) is 0 Å². The molecular formula is C12H12N2O. The first-order valence-electron chi connectivity index (χ1n) is 4.87. The second-order valence-electron chi connectivity index (χ2n) is 3.24. The molecule has 0 amide bonds. The van der Waals surface area contributed by atoms with Crippen molar-refractivity contribution in [2.45, 2.75) is 12.8 Å². The Morgan fingerprint density at radius 1 is 1.20 bits per heavy atom. The average molecular weight is 200 g/mol. The van der Waals surface area contributed by atoms with Gasteiger partial charge in [-0.3, -0.25) is 0 Å². The van der Waals surface area contributed by atoms with Gasteiger partial charge < -0.3 is 4.52 Å². The molecule has 0 bridgehead atoms. The van der Waals surface area contributed by atoms with Crippen LogP contribution in [-0.2, 0) is 12.8 Å². The Morgan fingerprint density at radius 3 is 2.67 bits per heavy atom. The van der Waals surface area contributed by atoms with E-state index in [4.69, 9.17) is 4.52 Å². The van der Waals surface area contributed by atoms with Gasteiger partial charge >= 0.3 is 0 Å². The molecule has 0 atom stereocenters. The van der Waals surface area contributed by atoms with Crippen LogP contribution < -0.4 is 0 Å². The Bertz CT molecular complexity index is 434. The van der Waals surface area contributed by atoms with E-state index < -0.39 is 0 Å². The first-order valence-corrected chi connectivity index (χ1v) is 4.87. The number of nitrogens with zero attached hydrogens (tertiary/aromatic N) is 2. The standard InChI is InChI=1S/C12H12N2O/c1-2-12-13-11(14-15-12)9-8-10-6-4-3-5-7-10/h2-7H,1,8-9H2. The van der Waals surface area contributed by atoms with Crippen molar-refractivity contribution < 1.29 is 4.52 Å². The molecule has 3 nitrogen and oxygen atoms in total. The van der Waals surface area contributed by atoms with Crippen LogP contribution in [0.2, 0.25) is 0 Å². The highest BCUT2D eigenvalue weighted by Crippen LogP contribution is 2.05. The molecule has 2 rings (SSSR count). The van der Waals surface area contributed by atoms with E-state index in [1.54, 1.807) is 6.08 Å². The van der Waals surface area contributed by atoms with Crippen molar-refractivity contribution in [3.8, 4) is 0 Å². The normalized spacial score (nSPS) is 10.1. The third-order valence-corrected chi connectivity index (χ3v) is 2.14. The minimum absolute atomic E-state index is 0.484. The van der Waals surface area contributed by atoms with Gasteiger partial charge in [0, 0.05) is 6.42 Å². The third kappa shape index (κ3) is 2.53. The highest BCUT2D eigenvalue weighted by molar-refractivity contribution is 5.32. The Balaban J connectivity index is 1.96. The monoisotopic (exact) mass is 200 g/mol. The smallest absolute Gasteiger partial charge is 0.250 e. The van der Waals surface area contributed by atoms with E-state index >= 15 is 0 Å². The van der Waals surface area contributed by atoms with Crippen molar-refractivity contribution in [3.05, 3.63) is 54.2 Å². The maximum Gasteiger partial charge on any atom is 0.250 e. The summed E-state index contributed by atoms with van der Waals surface area (Å²) in [6, 6.07) is 10.2. The van der Waals surface area contributed by atoms with Crippen LogP contribution in [0.15, 0.2) is 41.4 Å². The van der Waals surface area contributed by atoms with E-state index in [9.17, 15) is 0 Å². The second-order valence-corrected chi connectivity index (χ2v) is 3.24. The molecule has 0 aliphatic rings. The highest BCUT2D eigenvalue weighted by atomic mass is 16.5. The third-order valence-electron chi connectivity index (χ3n) is 2.14. The van der Waals surface area contributed by atoms with Gasteiger partial charge in [0.05, 0.1) is 0 Å². The zero-order chi connectivity index (χ0) is 10.5. The lowest BCUT2D eigenvalue weighted by molar-refractivity contribution is 0.403. The molecule has 1 aromatic heterocycles. The molecule has 0 unspecified atom stereocenters. The van der Waals surface area contributed by atoms with Crippen LogP contribution >= 0.6 is 0 Å². The van der Waals surface area contributed by atoms with Gasteiger partial charge in [-0.25, -0.2) is 0 Å². The van der Waals surface area contributed by atoms with E-state index in [0.717, 1.165) is 18.7 Å². The molecule has 0 fully saturated rings. The molecule has 15 heavy (non-hydrogen) atoms. The molecule has 0 spiro atoms. The molecule has 3 heteroatoms. The molecule has 2 aromatic rings. The van der Waals surface area contributed by atoms with Crippen LogP contribution in [-0.4, -0.2) is 10.1 Å². The van der Waals surface area contributed by atoms with E-state index in [-0.39, 0.29) is 0 Å². The summed E-state index contributed by atoms with van der Waals surface area (Å²) in [6.07, 6.45) is 3.28. The van der Waals surface area contributed by atoms with Gasteiger partial charge in [0.2, 0.25) is 5.89 Å². The summed E-state index contributed by atoms with van der Waals surface area (Å²) in [5, 5.41) is 3.84. The maximum atomic E-state index is 4.92. The fourth-order valence-corrected chi connectivity index (χ4v) is 1.35. The second kappa shape index (κ2) is 4.55. The Kier molecular flexibility index (Phi) is 2.93. The van der Waals surface area contributed by atoms with Gasteiger partial charge in [-0.2, -0.15) is 4.98 Å². The van der Waals surface area contributed by atoms with Crippen molar-refractivity contribution >= 4 is 6.08 Å². The van der Waals surface area contributed by atoms with Crippen LogP contribution in [0.1, 0.15) is 17.3 Å². The Morgan fingerprint density at radius 2 is 2.00 bits per heavy atom. The summed E-state index contributed by atoms with van der Waals surface area (Å²) >= 11 is 0. The zero-order valence-corrected chi connectivity index (χ0v) is 8.39. The molecule has 0 radical (unpaired) electrons. The predicted octanol–water partition coefficient (Wildman–Crippen LogP) is 2.50. The Hall–Kier alpha value is -1.90. The Labute approximate surface area is 88.4 Å². The van der Waals surface area contributed by atoms with Crippen molar-refractivity contribution in [2.75, 3.05) is 0 Å². The number of aryl methyl sites for hydroxylation is 2. The minimum Gasteiger partial charge on any atom is -0.335 e. The number of hydrogen-bond donors (Lipinski definition) is 0. The fourth-order valence-electron chi connectivity index (χ4n) is 1.35. The van der Waals surface area contributed by atoms with E-state index in [1.165, 1.54) is 5.56 Å². The van der Waals surface area contributed by atoms with Gasteiger partial charge in [-0.1, -0.05) is 42.1 Å². The maximum absolute atomic E-state index is 4.92. The summed E-state index contributed by atoms with van der Waals surface area (Å²) in [7, 11) is 0. The molecule has 0 aliphatic carbocycles. The minimum atomic E-state index is 0.484.